The van der Waals surface area contributed by atoms with Crippen LogP contribution in [0.1, 0.15) is 5.56 Å². The van der Waals surface area contributed by atoms with Crippen molar-refractivity contribution in [2.75, 3.05) is 0 Å². The Hall–Kier alpha value is -1.06. The third kappa shape index (κ3) is 2.74. The number of hydrogen-bond donors (Lipinski definition) is 0. The molecule has 0 amide bonds. The van der Waals surface area contributed by atoms with Crippen LogP contribution < -0.4 is 4.74 Å². The minimum atomic E-state index is 0.613. The molecule has 0 spiro atoms. The van der Waals surface area contributed by atoms with E-state index >= 15 is 0 Å². The van der Waals surface area contributed by atoms with Gasteiger partial charge in [0.1, 0.15) is 5.75 Å². The summed E-state index contributed by atoms with van der Waals surface area (Å²) in [5.41, 5.74) is 1.01. The second-order valence-electron chi connectivity index (χ2n) is 3.16. The largest absolute Gasteiger partial charge is 0.439 e. The molecule has 0 atom stereocenters. The summed E-state index contributed by atoms with van der Waals surface area (Å²) < 4.78 is 5.66. The van der Waals surface area contributed by atoms with Crippen molar-refractivity contribution < 1.29 is 4.74 Å². The molecule has 1 aromatic heterocycles. The Morgan fingerprint density at radius 3 is 2.62 bits per heavy atom. The molecule has 2 nitrogen and oxygen atoms in total. The molecule has 0 unspecified atom stereocenters. The Balaban J connectivity index is 2.23. The average molecular weight is 299 g/mol. The molecule has 82 valence electrons. The van der Waals surface area contributed by atoms with Crippen LogP contribution in [-0.2, 0) is 5.33 Å². The molecule has 1 aromatic carbocycles. The molecule has 2 aromatic rings. The minimum absolute atomic E-state index is 0.613. The van der Waals surface area contributed by atoms with E-state index in [2.05, 4.69) is 20.9 Å². The minimum Gasteiger partial charge on any atom is -0.439 e. The van der Waals surface area contributed by atoms with Crippen LogP contribution in [0.15, 0.2) is 42.6 Å². The van der Waals surface area contributed by atoms with Crippen LogP contribution in [0.2, 0.25) is 5.02 Å². The molecule has 0 bridgehead atoms. The average Bonchev–Trinajstić information content (AvgIpc) is 2.33. The van der Waals surface area contributed by atoms with Gasteiger partial charge < -0.3 is 4.74 Å². The van der Waals surface area contributed by atoms with Gasteiger partial charge in [-0.05, 0) is 30.3 Å². The lowest BCUT2D eigenvalue weighted by Crippen LogP contribution is -1.91. The number of alkyl halides is 1. The Kier molecular flexibility index (Phi) is 3.80. The van der Waals surface area contributed by atoms with Crippen molar-refractivity contribution in [2.45, 2.75) is 5.33 Å². The van der Waals surface area contributed by atoms with E-state index in [0.29, 0.717) is 16.2 Å². The number of rotatable bonds is 3. The first-order chi connectivity index (χ1) is 7.79. The standard InChI is InChI=1S/C12H9BrClNO/c13-8-9-2-1-7-15-12(9)16-11-5-3-10(14)4-6-11/h1-7H,8H2. The van der Waals surface area contributed by atoms with Gasteiger partial charge in [0.05, 0.1) is 0 Å². The summed E-state index contributed by atoms with van der Waals surface area (Å²) in [7, 11) is 0. The smallest absolute Gasteiger partial charge is 0.223 e. The molecule has 2 rings (SSSR count). The van der Waals surface area contributed by atoms with Crippen molar-refractivity contribution in [1.82, 2.24) is 4.98 Å². The van der Waals surface area contributed by atoms with E-state index in [1.165, 1.54) is 0 Å². The van der Waals surface area contributed by atoms with Gasteiger partial charge in [0, 0.05) is 22.1 Å². The molecule has 0 saturated heterocycles. The van der Waals surface area contributed by atoms with Crippen LogP contribution in [0.4, 0.5) is 0 Å². The molecule has 0 aliphatic carbocycles. The number of ether oxygens (including phenoxy) is 1. The van der Waals surface area contributed by atoms with Crippen LogP contribution in [-0.4, -0.2) is 4.98 Å². The van der Waals surface area contributed by atoms with Gasteiger partial charge in [-0.15, -0.1) is 0 Å². The van der Waals surface area contributed by atoms with E-state index in [9.17, 15) is 0 Å². The SMILES string of the molecule is Clc1ccc(Oc2ncccc2CBr)cc1. The lowest BCUT2D eigenvalue weighted by Gasteiger charge is -2.07. The first-order valence-electron chi connectivity index (χ1n) is 4.73. The van der Waals surface area contributed by atoms with Gasteiger partial charge in [-0.1, -0.05) is 33.6 Å². The number of nitrogens with zero attached hydrogens (tertiary/aromatic N) is 1. The molecule has 1 heterocycles. The van der Waals surface area contributed by atoms with E-state index in [1.54, 1.807) is 18.3 Å². The molecule has 0 N–H and O–H groups in total. The van der Waals surface area contributed by atoms with Gasteiger partial charge >= 0.3 is 0 Å². The molecular weight excluding hydrogens is 289 g/mol. The van der Waals surface area contributed by atoms with E-state index in [4.69, 9.17) is 16.3 Å². The molecular formula is C12H9BrClNO. The summed E-state index contributed by atoms with van der Waals surface area (Å²) in [4.78, 5) is 4.18. The van der Waals surface area contributed by atoms with Crippen molar-refractivity contribution in [3.8, 4) is 11.6 Å². The van der Waals surface area contributed by atoms with Crippen molar-refractivity contribution in [3.05, 3.63) is 53.2 Å². The van der Waals surface area contributed by atoms with Gasteiger partial charge in [0.2, 0.25) is 5.88 Å². The normalized spacial score (nSPS) is 10.1. The Bertz CT molecular complexity index is 473. The molecule has 0 aliphatic heterocycles. The lowest BCUT2D eigenvalue weighted by atomic mass is 10.3. The monoisotopic (exact) mass is 297 g/mol. The summed E-state index contributed by atoms with van der Waals surface area (Å²) in [6, 6.07) is 11.0. The van der Waals surface area contributed by atoms with E-state index < -0.39 is 0 Å². The van der Waals surface area contributed by atoms with Crippen molar-refractivity contribution in [2.24, 2.45) is 0 Å². The number of hydrogen-bond acceptors (Lipinski definition) is 2. The third-order valence-corrected chi connectivity index (χ3v) is 2.88. The van der Waals surface area contributed by atoms with Crippen LogP contribution in [0.5, 0.6) is 11.6 Å². The third-order valence-electron chi connectivity index (χ3n) is 2.02. The maximum Gasteiger partial charge on any atom is 0.223 e. The van der Waals surface area contributed by atoms with Gasteiger partial charge in [0.15, 0.2) is 0 Å². The summed E-state index contributed by atoms with van der Waals surface area (Å²) in [6.45, 7) is 0. The number of aromatic nitrogens is 1. The van der Waals surface area contributed by atoms with Crippen molar-refractivity contribution in [3.63, 3.8) is 0 Å². The number of pyridine rings is 1. The predicted molar refractivity (Wildman–Crippen MR) is 68.4 cm³/mol. The van der Waals surface area contributed by atoms with Crippen LogP contribution in [0, 0.1) is 0 Å². The maximum absolute atomic E-state index is 5.79. The Morgan fingerprint density at radius 2 is 1.94 bits per heavy atom. The Morgan fingerprint density at radius 1 is 1.19 bits per heavy atom. The maximum atomic E-state index is 5.79. The number of benzene rings is 1. The predicted octanol–water partition coefficient (Wildman–Crippen LogP) is 4.42. The van der Waals surface area contributed by atoms with Gasteiger partial charge in [0.25, 0.3) is 0 Å². The topological polar surface area (TPSA) is 22.1 Å². The van der Waals surface area contributed by atoms with Gasteiger partial charge in [-0.25, -0.2) is 4.98 Å². The second-order valence-corrected chi connectivity index (χ2v) is 4.15. The van der Waals surface area contributed by atoms with Crippen LogP contribution in [0.25, 0.3) is 0 Å². The highest BCUT2D eigenvalue weighted by Gasteiger charge is 2.04. The highest BCUT2D eigenvalue weighted by Crippen LogP contribution is 2.25. The van der Waals surface area contributed by atoms with Crippen molar-refractivity contribution in [1.29, 1.82) is 0 Å². The van der Waals surface area contributed by atoms with Gasteiger partial charge in [-0.2, -0.15) is 0 Å². The summed E-state index contributed by atoms with van der Waals surface area (Å²) in [5.74, 6) is 1.34. The zero-order valence-corrected chi connectivity index (χ0v) is 10.7. The fourth-order valence-electron chi connectivity index (χ4n) is 1.23. The van der Waals surface area contributed by atoms with Gasteiger partial charge in [-0.3, -0.25) is 0 Å². The van der Waals surface area contributed by atoms with Crippen molar-refractivity contribution >= 4 is 27.5 Å². The quantitative estimate of drug-likeness (QED) is 0.782. The summed E-state index contributed by atoms with van der Waals surface area (Å²) in [6.07, 6.45) is 1.71. The Labute approximate surface area is 107 Å². The highest BCUT2D eigenvalue weighted by molar-refractivity contribution is 9.08. The zero-order chi connectivity index (χ0) is 11.4. The van der Waals surface area contributed by atoms with E-state index in [-0.39, 0.29) is 0 Å². The zero-order valence-electron chi connectivity index (χ0n) is 8.36. The fourth-order valence-corrected chi connectivity index (χ4v) is 1.78. The molecule has 0 aliphatic rings. The molecule has 0 saturated carbocycles. The van der Waals surface area contributed by atoms with Crippen LogP contribution in [0.3, 0.4) is 0 Å². The van der Waals surface area contributed by atoms with E-state index in [1.807, 2.05) is 24.3 Å². The fraction of sp³-hybridized carbons (Fsp3) is 0.0833. The van der Waals surface area contributed by atoms with Crippen LogP contribution >= 0.6 is 27.5 Å². The first kappa shape index (κ1) is 11.4. The highest BCUT2D eigenvalue weighted by atomic mass is 79.9. The van der Waals surface area contributed by atoms with E-state index in [0.717, 1.165) is 11.3 Å². The second kappa shape index (κ2) is 5.32. The molecule has 0 fully saturated rings. The number of halogens is 2. The first-order valence-corrected chi connectivity index (χ1v) is 6.23. The lowest BCUT2D eigenvalue weighted by molar-refractivity contribution is 0.458. The summed E-state index contributed by atoms with van der Waals surface area (Å²) in [5, 5.41) is 1.40. The summed E-state index contributed by atoms with van der Waals surface area (Å²) >= 11 is 9.19. The molecule has 4 heteroatoms. The molecule has 16 heavy (non-hydrogen) atoms. The molecule has 0 radical (unpaired) electrons.